The largest absolute Gasteiger partial charge is 0.364 e. The number of halogens is 1. The van der Waals surface area contributed by atoms with Gasteiger partial charge < -0.3 is 10.7 Å². The number of carbonyl (C=O) groups is 1. The van der Waals surface area contributed by atoms with Gasteiger partial charge in [-0.25, -0.2) is 8.42 Å². The number of primary amides is 1. The minimum Gasteiger partial charge on any atom is -0.364 e. The molecule has 5 nitrogen and oxygen atoms in total. The number of aromatic amines is 1. The third-order valence-electron chi connectivity index (χ3n) is 4.45. The molecular weight excluding hydrogens is 336 g/mol. The molecule has 1 aromatic heterocycles. The number of sulfone groups is 1. The van der Waals surface area contributed by atoms with Crippen molar-refractivity contribution >= 4 is 38.2 Å². The number of amides is 1. The zero-order chi connectivity index (χ0) is 16.6. The fraction of sp³-hybridized carbons (Fsp3) is 0.438. The molecule has 0 spiro atoms. The van der Waals surface area contributed by atoms with Crippen molar-refractivity contribution in [1.82, 2.24) is 4.98 Å². The van der Waals surface area contributed by atoms with Crippen LogP contribution in [0.3, 0.4) is 0 Å². The van der Waals surface area contributed by atoms with Gasteiger partial charge in [-0.3, -0.25) is 4.79 Å². The van der Waals surface area contributed by atoms with E-state index in [4.69, 9.17) is 17.3 Å². The summed E-state index contributed by atoms with van der Waals surface area (Å²) in [6, 6.07) is 4.86. The van der Waals surface area contributed by atoms with Crippen molar-refractivity contribution in [3.63, 3.8) is 0 Å². The van der Waals surface area contributed by atoms with E-state index in [0.717, 1.165) is 32.1 Å². The molecule has 0 aliphatic heterocycles. The summed E-state index contributed by atoms with van der Waals surface area (Å²) in [5.41, 5.74) is 5.87. The second-order valence-electron chi connectivity index (χ2n) is 6.17. The maximum Gasteiger partial charge on any atom is 0.266 e. The zero-order valence-corrected chi connectivity index (χ0v) is 14.2. The molecule has 1 fully saturated rings. The molecule has 1 aliphatic rings. The van der Waals surface area contributed by atoms with Gasteiger partial charge in [-0.05, 0) is 37.0 Å². The SMILES string of the molecule is NC(=O)c1[nH]c2ccc(Cl)cc2c1S(=O)(=O)CC1CCCCC1. The molecular formula is C16H19ClN2O3S. The second kappa shape index (κ2) is 6.17. The lowest BCUT2D eigenvalue weighted by atomic mass is 9.91. The highest BCUT2D eigenvalue weighted by molar-refractivity contribution is 7.91. The number of fused-ring (bicyclic) bond motifs is 1. The van der Waals surface area contributed by atoms with E-state index in [1.807, 2.05) is 0 Å². The lowest BCUT2D eigenvalue weighted by Gasteiger charge is -2.21. The Morgan fingerprint density at radius 2 is 1.96 bits per heavy atom. The molecule has 3 rings (SSSR count). The quantitative estimate of drug-likeness (QED) is 0.882. The first-order chi connectivity index (χ1) is 10.9. The minimum atomic E-state index is -3.63. The number of benzene rings is 1. The monoisotopic (exact) mass is 354 g/mol. The Morgan fingerprint density at radius 3 is 2.61 bits per heavy atom. The highest BCUT2D eigenvalue weighted by Gasteiger charge is 2.30. The van der Waals surface area contributed by atoms with Gasteiger partial charge in [0.2, 0.25) is 0 Å². The van der Waals surface area contributed by atoms with Crippen LogP contribution in [0.5, 0.6) is 0 Å². The fourth-order valence-corrected chi connectivity index (χ4v) is 5.64. The van der Waals surface area contributed by atoms with Gasteiger partial charge in [0.15, 0.2) is 9.84 Å². The first-order valence-electron chi connectivity index (χ1n) is 7.72. The molecule has 1 aliphatic carbocycles. The molecule has 2 aromatic rings. The van der Waals surface area contributed by atoms with Crippen molar-refractivity contribution in [2.24, 2.45) is 11.7 Å². The molecule has 0 atom stereocenters. The summed E-state index contributed by atoms with van der Waals surface area (Å²) in [6.45, 7) is 0. The van der Waals surface area contributed by atoms with E-state index in [-0.39, 0.29) is 22.3 Å². The lowest BCUT2D eigenvalue weighted by Crippen LogP contribution is -2.22. The first kappa shape index (κ1) is 16.3. The number of nitrogens with two attached hydrogens (primary N) is 1. The predicted molar refractivity (Wildman–Crippen MR) is 90.5 cm³/mol. The van der Waals surface area contributed by atoms with E-state index < -0.39 is 15.7 Å². The van der Waals surface area contributed by atoms with Gasteiger partial charge >= 0.3 is 0 Å². The standard InChI is InChI=1S/C16H19ClN2O3S/c17-11-6-7-13-12(8-11)15(14(19-13)16(18)20)23(21,22)9-10-4-2-1-3-5-10/h6-8,10,19H,1-5,9H2,(H2,18,20). The third-order valence-corrected chi connectivity index (χ3v) is 6.64. The molecule has 0 unspecified atom stereocenters. The molecule has 0 bridgehead atoms. The predicted octanol–water partition coefficient (Wildman–Crippen LogP) is 3.27. The van der Waals surface area contributed by atoms with Gasteiger partial charge in [-0.15, -0.1) is 0 Å². The zero-order valence-electron chi connectivity index (χ0n) is 12.6. The van der Waals surface area contributed by atoms with Gasteiger partial charge in [0.25, 0.3) is 5.91 Å². The van der Waals surface area contributed by atoms with Crippen LogP contribution in [-0.2, 0) is 9.84 Å². The van der Waals surface area contributed by atoms with Crippen LogP contribution in [0.2, 0.25) is 5.02 Å². The number of carbonyl (C=O) groups excluding carboxylic acids is 1. The van der Waals surface area contributed by atoms with Gasteiger partial charge in [0.05, 0.1) is 5.75 Å². The number of hydrogen-bond donors (Lipinski definition) is 2. The molecule has 0 saturated heterocycles. The molecule has 3 N–H and O–H groups in total. The van der Waals surface area contributed by atoms with Crippen LogP contribution in [0.25, 0.3) is 10.9 Å². The van der Waals surface area contributed by atoms with Gasteiger partial charge in [0, 0.05) is 15.9 Å². The maximum atomic E-state index is 12.9. The van der Waals surface area contributed by atoms with Crippen LogP contribution in [0.1, 0.15) is 42.6 Å². The summed E-state index contributed by atoms with van der Waals surface area (Å²) in [7, 11) is -3.63. The Morgan fingerprint density at radius 1 is 1.26 bits per heavy atom. The van der Waals surface area contributed by atoms with Crippen LogP contribution in [-0.4, -0.2) is 25.1 Å². The van der Waals surface area contributed by atoms with Crippen LogP contribution in [0, 0.1) is 5.92 Å². The first-order valence-corrected chi connectivity index (χ1v) is 9.75. The Balaban J connectivity index is 2.10. The Hall–Kier alpha value is -1.53. The summed E-state index contributed by atoms with van der Waals surface area (Å²) in [5.74, 6) is -0.592. The second-order valence-corrected chi connectivity index (χ2v) is 8.58. The van der Waals surface area contributed by atoms with E-state index in [0.29, 0.717) is 15.9 Å². The van der Waals surface area contributed by atoms with Crippen LogP contribution >= 0.6 is 11.6 Å². The minimum absolute atomic E-state index is 0.00641. The topological polar surface area (TPSA) is 93.0 Å². The Labute approximate surface area is 140 Å². The van der Waals surface area contributed by atoms with E-state index in [1.165, 1.54) is 0 Å². The van der Waals surface area contributed by atoms with Crippen LogP contribution < -0.4 is 5.73 Å². The smallest absolute Gasteiger partial charge is 0.266 e. The average Bonchev–Trinajstić information content (AvgIpc) is 2.87. The summed E-state index contributed by atoms with van der Waals surface area (Å²) in [5, 5.41) is 0.851. The lowest BCUT2D eigenvalue weighted by molar-refractivity contribution is 0.0993. The number of nitrogens with one attached hydrogen (secondary N) is 1. The number of rotatable bonds is 4. The fourth-order valence-electron chi connectivity index (χ4n) is 3.38. The third kappa shape index (κ3) is 3.23. The molecule has 124 valence electrons. The maximum absolute atomic E-state index is 12.9. The van der Waals surface area contributed by atoms with Crippen LogP contribution in [0.15, 0.2) is 23.1 Å². The van der Waals surface area contributed by atoms with Crippen molar-refractivity contribution in [3.05, 3.63) is 28.9 Å². The Kier molecular flexibility index (Phi) is 4.38. The summed E-state index contributed by atoms with van der Waals surface area (Å²) >= 11 is 6.00. The number of aromatic nitrogens is 1. The molecule has 1 aromatic carbocycles. The highest BCUT2D eigenvalue weighted by Crippen LogP contribution is 2.33. The summed E-state index contributed by atoms with van der Waals surface area (Å²) in [6.07, 6.45) is 5.10. The molecule has 0 radical (unpaired) electrons. The summed E-state index contributed by atoms with van der Waals surface area (Å²) < 4.78 is 25.9. The van der Waals surface area contributed by atoms with E-state index in [9.17, 15) is 13.2 Å². The van der Waals surface area contributed by atoms with Gasteiger partial charge in [0.1, 0.15) is 10.6 Å². The molecule has 1 heterocycles. The molecule has 1 amide bonds. The van der Waals surface area contributed by atoms with Crippen LogP contribution in [0.4, 0.5) is 0 Å². The van der Waals surface area contributed by atoms with Crippen molar-refractivity contribution < 1.29 is 13.2 Å². The Bertz CT molecular complexity index is 852. The van der Waals surface area contributed by atoms with Gasteiger partial charge in [-0.1, -0.05) is 30.9 Å². The van der Waals surface area contributed by atoms with Gasteiger partial charge in [-0.2, -0.15) is 0 Å². The van der Waals surface area contributed by atoms with Crippen molar-refractivity contribution in [3.8, 4) is 0 Å². The molecule has 1 saturated carbocycles. The van der Waals surface area contributed by atoms with E-state index in [1.54, 1.807) is 18.2 Å². The highest BCUT2D eigenvalue weighted by atomic mass is 35.5. The normalized spacial score (nSPS) is 16.7. The van der Waals surface area contributed by atoms with E-state index in [2.05, 4.69) is 4.98 Å². The average molecular weight is 355 g/mol. The van der Waals surface area contributed by atoms with Crippen molar-refractivity contribution in [2.45, 2.75) is 37.0 Å². The molecule has 7 heteroatoms. The van der Waals surface area contributed by atoms with Crippen molar-refractivity contribution in [2.75, 3.05) is 5.75 Å². The van der Waals surface area contributed by atoms with Crippen molar-refractivity contribution in [1.29, 1.82) is 0 Å². The number of hydrogen-bond acceptors (Lipinski definition) is 3. The molecule has 23 heavy (non-hydrogen) atoms. The van der Waals surface area contributed by atoms with E-state index >= 15 is 0 Å². The number of H-pyrrole nitrogens is 1. The summed E-state index contributed by atoms with van der Waals surface area (Å²) in [4.78, 5) is 14.5.